The zero-order valence-corrected chi connectivity index (χ0v) is 14.4. The van der Waals surface area contributed by atoms with Crippen LogP contribution in [0.25, 0.3) is 0 Å². The zero-order valence-electron chi connectivity index (χ0n) is 13.6. The van der Waals surface area contributed by atoms with Gasteiger partial charge in [-0.2, -0.15) is 0 Å². The normalized spacial score (nSPS) is 11.0. The lowest BCUT2D eigenvalue weighted by Crippen LogP contribution is -2.21. The van der Waals surface area contributed by atoms with Crippen LogP contribution in [-0.4, -0.2) is 10.9 Å². The van der Waals surface area contributed by atoms with Crippen LogP contribution in [0, 0.1) is 10.1 Å². The highest BCUT2D eigenvalue weighted by Crippen LogP contribution is 2.20. The fourth-order valence-electron chi connectivity index (χ4n) is 2.19. The number of hydrogen-bond acceptors (Lipinski definition) is 3. The smallest absolute Gasteiger partial charge is 0.269 e. The summed E-state index contributed by atoms with van der Waals surface area (Å²) in [5.74, 6) is 0.479. The third-order valence-corrected chi connectivity index (χ3v) is 3.70. The number of nitrogens with one attached hydrogen (secondary N) is 2. The average molecular weight is 367 g/mol. The quantitative estimate of drug-likeness (QED) is 0.278. The van der Waals surface area contributed by atoms with Crippen molar-refractivity contribution in [3.8, 4) is 0 Å². The van der Waals surface area contributed by atoms with Crippen molar-refractivity contribution >= 4 is 40.3 Å². The second-order valence-electron chi connectivity index (χ2n) is 5.36. The molecule has 0 aliphatic heterocycles. The third-order valence-electron chi connectivity index (χ3n) is 3.44. The minimum Gasteiger partial charge on any atom is -0.326 e. The number of nitro benzene ring substituents is 1. The molecule has 3 aromatic rings. The van der Waals surface area contributed by atoms with E-state index in [-0.39, 0.29) is 5.69 Å². The maximum absolute atomic E-state index is 10.8. The molecule has 7 heteroatoms. The second kappa shape index (κ2) is 8.13. The highest BCUT2D eigenvalue weighted by Gasteiger charge is 2.06. The first-order valence-corrected chi connectivity index (χ1v) is 8.16. The van der Waals surface area contributed by atoms with Crippen LogP contribution in [0.1, 0.15) is 0 Å². The van der Waals surface area contributed by atoms with E-state index < -0.39 is 4.92 Å². The Labute approximate surface area is 155 Å². The van der Waals surface area contributed by atoms with Gasteiger partial charge in [-0.05, 0) is 48.5 Å². The summed E-state index contributed by atoms with van der Waals surface area (Å²) >= 11 is 5.92. The molecule has 0 aliphatic rings. The van der Waals surface area contributed by atoms with Crippen molar-refractivity contribution in [1.82, 2.24) is 0 Å². The highest BCUT2D eigenvalue weighted by atomic mass is 35.5. The Bertz CT molecular complexity index is 911. The molecule has 0 saturated heterocycles. The Balaban J connectivity index is 1.88. The highest BCUT2D eigenvalue weighted by molar-refractivity contribution is 6.30. The van der Waals surface area contributed by atoms with Gasteiger partial charge in [-0.1, -0.05) is 29.8 Å². The Morgan fingerprint density at radius 1 is 0.846 bits per heavy atom. The number of halogens is 1. The molecule has 0 amide bonds. The zero-order chi connectivity index (χ0) is 18.4. The van der Waals surface area contributed by atoms with Gasteiger partial charge in [-0.15, -0.1) is 0 Å². The predicted molar refractivity (Wildman–Crippen MR) is 105 cm³/mol. The van der Waals surface area contributed by atoms with Gasteiger partial charge in [-0.25, -0.2) is 4.99 Å². The number of nitro groups is 1. The number of anilines is 2. The summed E-state index contributed by atoms with van der Waals surface area (Å²) in [6.07, 6.45) is 0. The van der Waals surface area contributed by atoms with Crippen molar-refractivity contribution in [2.45, 2.75) is 0 Å². The molecule has 0 saturated carbocycles. The van der Waals surface area contributed by atoms with E-state index in [9.17, 15) is 10.1 Å². The van der Waals surface area contributed by atoms with Crippen LogP contribution < -0.4 is 10.6 Å². The molecule has 0 atom stereocenters. The van der Waals surface area contributed by atoms with Crippen LogP contribution in [0.15, 0.2) is 83.9 Å². The van der Waals surface area contributed by atoms with Gasteiger partial charge in [0.2, 0.25) is 5.96 Å². The Hall–Kier alpha value is -3.38. The van der Waals surface area contributed by atoms with Gasteiger partial charge in [0.1, 0.15) is 0 Å². The molecular formula is C19H15ClN4O2. The average Bonchev–Trinajstić information content (AvgIpc) is 2.65. The molecule has 6 nitrogen and oxygen atoms in total. The number of nitrogens with zero attached hydrogens (tertiary/aromatic N) is 2. The van der Waals surface area contributed by atoms with Crippen LogP contribution >= 0.6 is 11.6 Å². The minimum absolute atomic E-state index is 0.0205. The predicted octanol–water partition coefficient (Wildman–Crippen LogP) is 5.46. The van der Waals surface area contributed by atoms with Crippen molar-refractivity contribution in [3.63, 3.8) is 0 Å². The standard InChI is InChI=1S/C19H15ClN4O2/c20-14-6-8-16(9-7-14)22-19(21-15-4-2-1-3-5-15)23-17-10-12-18(13-11-17)24(25)26/h1-13H,(H2,21,22,23). The van der Waals surface area contributed by atoms with Gasteiger partial charge in [0.25, 0.3) is 5.69 Å². The number of benzene rings is 3. The van der Waals surface area contributed by atoms with Crippen LogP contribution in [0.3, 0.4) is 0 Å². The molecule has 0 fully saturated rings. The Morgan fingerprint density at radius 2 is 1.42 bits per heavy atom. The summed E-state index contributed by atoms with van der Waals surface area (Å²) in [7, 11) is 0. The molecule has 0 bridgehead atoms. The fourth-order valence-corrected chi connectivity index (χ4v) is 2.32. The summed E-state index contributed by atoms with van der Waals surface area (Å²) in [5.41, 5.74) is 2.26. The monoisotopic (exact) mass is 366 g/mol. The largest absolute Gasteiger partial charge is 0.326 e. The molecule has 0 unspecified atom stereocenters. The van der Waals surface area contributed by atoms with Crippen LogP contribution in [0.4, 0.5) is 22.7 Å². The van der Waals surface area contributed by atoms with E-state index in [0.29, 0.717) is 16.7 Å². The molecule has 3 aromatic carbocycles. The summed E-state index contributed by atoms with van der Waals surface area (Å²) in [5, 5.41) is 17.8. The summed E-state index contributed by atoms with van der Waals surface area (Å²) < 4.78 is 0. The van der Waals surface area contributed by atoms with Gasteiger partial charge in [-0.3, -0.25) is 10.1 Å². The Morgan fingerprint density at radius 3 is 2.00 bits per heavy atom. The number of non-ortho nitro benzene ring substituents is 1. The lowest BCUT2D eigenvalue weighted by atomic mass is 10.3. The topological polar surface area (TPSA) is 79.6 Å². The van der Waals surface area contributed by atoms with Crippen LogP contribution in [0.5, 0.6) is 0 Å². The molecule has 3 rings (SSSR count). The van der Waals surface area contributed by atoms with Crippen molar-refractivity contribution in [3.05, 3.63) is 94.0 Å². The van der Waals surface area contributed by atoms with Gasteiger partial charge in [0, 0.05) is 28.5 Å². The first-order valence-electron chi connectivity index (χ1n) is 7.78. The SMILES string of the molecule is O=[N+]([O-])c1ccc(N=C(Nc2ccccc2)Nc2ccc(Cl)cc2)cc1. The lowest BCUT2D eigenvalue weighted by molar-refractivity contribution is -0.384. The minimum atomic E-state index is -0.442. The molecule has 0 aliphatic carbocycles. The number of aliphatic imine (C=N–C) groups is 1. The van der Waals surface area contributed by atoms with E-state index >= 15 is 0 Å². The molecule has 0 radical (unpaired) electrons. The van der Waals surface area contributed by atoms with Crippen molar-refractivity contribution in [2.75, 3.05) is 10.6 Å². The third kappa shape index (κ3) is 4.81. The number of para-hydroxylation sites is 1. The van der Waals surface area contributed by atoms with E-state index in [1.807, 2.05) is 42.5 Å². The molecule has 0 heterocycles. The van der Waals surface area contributed by atoms with Crippen molar-refractivity contribution in [1.29, 1.82) is 0 Å². The first-order chi connectivity index (χ1) is 12.6. The first kappa shape index (κ1) is 17.4. The molecule has 0 spiro atoms. The second-order valence-corrected chi connectivity index (χ2v) is 5.79. The summed E-state index contributed by atoms with van der Waals surface area (Å²) in [6.45, 7) is 0. The van der Waals surface area contributed by atoms with E-state index in [4.69, 9.17) is 11.6 Å². The molecular weight excluding hydrogens is 352 g/mol. The van der Waals surface area contributed by atoms with Crippen LogP contribution in [0.2, 0.25) is 5.02 Å². The van der Waals surface area contributed by atoms with E-state index in [2.05, 4.69) is 15.6 Å². The molecule has 2 N–H and O–H groups in total. The van der Waals surface area contributed by atoms with Crippen molar-refractivity contribution < 1.29 is 4.92 Å². The maximum Gasteiger partial charge on any atom is 0.269 e. The molecule has 0 aromatic heterocycles. The van der Waals surface area contributed by atoms with Crippen molar-refractivity contribution in [2.24, 2.45) is 4.99 Å². The lowest BCUT2D eigenvalue weighted by Gasteiger charge is -2.12. The van der Waals surface area contributed by atoms with E-state index in [0.717, 1.165) is 11.4 Å². The van der Waals surface area contributed by atoms with E-state index in [1.54, 1.807) is 24.3 Å². The van der Waals surface area contributed by atoms with Gasteiger partial charge < -0.3 is 10.6 Å². The van der Waals surface area contributed by atoms with E-state index in [1.165, 1.54) is 12.1 Å². The summed E-state index contributed by atoms with van der Waals surface area (Å²) in [6, 6.07) is 22.8. The molecule has 26 heavy (non-hydrogen) atoms. The number of hydrogen-bond donors (Lipinski definition) is 2. The molecule has 130 valence electrons. The van der Waals surface area contributed by atoms with Gasteiger partial charge in [0.15, 0.2) is 0 Å². The maximum atomic E-state index is 10.8. The van der Waals surface area contributed by atoms with Gasteiger partial charge in [0.05, 0.1) is 10.6 Å². The fraction of sp³-hybridized carbons (Fsp3) is 0. The number of guanidine groups is 1. The Kier molecular flexibility index (Phi) is 5.46. The van der Waals surface area contributed by atoms with Crippen LogP contribution in [-0.2, 0) is 0 Å². The number of rotatable bonds is 4. The summed E-state index contributed by atoms with van der Waals surface area (Å²) in [4.78, 5) is 14.8. The van der Waals surface area contributed by atoms with Gasteiger partial charge >= 0.3 is 0 Å².